The third kappa shape index (κ3) is 5.51. The van der Waals surface area contributed by atoms with Crippen LogP contribution in [0.25, 0.3) is 0 Å². The van der Waals surface area contributed by atoms with E-state index in [9.17, 15) is 14.9 Å². The first-order valence-electron chi connectivity index (χ1n) is 9.39. The molecule has 0 amide bonds. The molecule has 3 aromatic rings. The lowest BCUT2D eigenvalue weighted by Gasteiger charge is -2.06. The summed E-state index contributed by atoms with van der Waals surface area (Å²) >= 11 is 1.42. The van der Waals surface area contributed by atoms with E-state index in [1.165, 1.54) is 23.5 Å². The number of ether oxygens (including phenoxy) is 1. The first-order valence-corrected chi connectivity index (χ1v) is 10.3. The van der Waals surface area contributed by atoms with Gasteiger partial charge in [0.1, 0.15) is 11.5 Å². The maximum atomic E-state index is 12.4. The summed E-state index contributed by atoms with van der Waals surface area (Å²) < 4.78 is 5.59. The predicted molar refractivity (Wildman–Crippen MR) is 115 cm³/mol. The van der Waals surface area contributed by atoms with E-state index in [-0.39, 0.29) is 5.69 Å². The molecule has 1 aromatic heterocycles. The summed E-state index contributed by atoms with van der Waals surface area (Å²) in [6.07, 6.45) is 2.01. The zero-order valence-electron chi connectivity index (χ0n) is 16.3. The molecule has 0 aliphatic heterocycles. The van der Waals surface area contributed by atoms with Crippen LogP contribution in [0, 0.1) is 10.1 Å². The van der Waals surface area contributed by atoms with Crippen LogP contribution in [0.2, 0.25) is 0 Å². The molecule has 154 valence electrons. The Kier molecular flexibility index (Phi) is 7.29. The Morgan fingerprint density at radius 1 is 1.07 bits per heavy atom. The normalized spacial score (nSPS) is 11.2. The van der Waals surface area contributed by atoms with Crippen LogP contribution in [0.1, 0.15) is 40.6 Å². The third-order valence-electron chi connectivity index (χ3n) is 4.18. The largest absolute Gasteiger partial charge is 0.494 e. The van der Waals surface area contributed by atoms with Crippen molar-refractivity contribution in [2.75, 3.05) is 6.61 Å². The number of hydrogen-bond acceptors (Lipinski definition) is 7. The molecule has 7 nitrogen and oxygen atoms in total. The van der Waals surface area contributed by atoms with Crippen LogP contribution >= 0.6 is 11.3 Å². The van der Waals surface area contributed by atoms with Crippen molar-refractivity contribution in [2.24, 2.45) is 5.16 Å². The summed E-state index contributed by atoms with van der Waals surface area (Å²) in [5.74, 6) is 0.0831. The number of thiophene rings is 1. The molecule has 0 radical (unpaired) electrons. The number of hydrogen-bond donors (Lipinski definition) is 0. The number of nitro benzene ring substituents is 1. The molecule has 0 fully saturated rings. The molecule has 0 unspecified atom stereocenters. The van der Waals surface area contributed by atoms with Gasteiger partial charge in [-0.2, -0.15) is 0 Å². The van der Waals surface area contributed by atoms with Crippen molar-refractivity contribution >= 4 is 28.7 Å². The van der Waals surface area contributed by atoms with E-state index in [2.05, 4.69) is 12.1 Å². The van der Waals surface area contributed by atoms with Crippen molar-refractivity contribution in [3.8, 4) is 5.75 Å². The van der Waals surface area contributed by atoms with Gasteiger partial charge in [-0.1, -0.05) is 24.6 Å². The highest BCUT2D eigenvalue weighted by molar-refractivity contribution is 7.12. The lowest BCUT2D eigenvalue weighted by Crippen LogP contribution is -2.07. The van der Waals surface area contributed by atoms with Gasteiger partial charge in [0.25, 0.3) is 5.69 Å². The molecule has 0 bridgehead atoms. The lowest BCUT2D eigenvalue weighted by molar-refractivity contribution is -0.384. The number of unbranched alkanes of at least 4 members (excludes halogenated alkanes) is 1. The fraction of sp³-hybridized carbons (Fsp3) is 0.182. The highest BCUT2D eigenvalue weighted by atomic mass is 32.1. The van der Waals surface area contributed by atoms with Crippen molar-refractivity contribution in [3.05, 3.63) is 92.2 Å². The average molecular weight is 424 g/mol. The van der Waals surface area contributed by atoms with Gasteiger partial charge in [-0.15, -0.1) is 11.3 Å². The van der Waals surface area contributed by atoms with Crippen molar-refractivity contribution in [1.82, 2.24) is 0 Å². The minimum atomic E-state index is -0.605. The molecule has 0 aliphatic carbocycles. The number of carbonyl (C=O) groups excluding carboxylic acids is 1. The number of rotatable bonds is 9. The van der Waals surface area contributed by atoms with E-state index >= 15 is 0 Å². The Labute approximate surface area is 177 Å². The molecule has 0 spiro atoms. The molecule has 0 aliphatic rings. The van der Waals surface area contributed by atoms with Gasteiger partial charge in [0, 0.05) is 17.7 Å². The van der Waals surface area contributed by atoms with Gasteiger partial charge in [0.15, 0.2) is 0 Å². The van der Waals surface area contributed by atoms with Gasteiger partial charge < -0.3 is 9.57 Å². The minimum Gasteiger partial charge on any atom is -0.494 e. The zero-order chi connectivity index (χ0) is 21.3. The summed E-state index contributed by atoms with van der Waals surface area (Å²) in [5.41, 5.74) is 1.35. The van der Waals surface area contributed by atoms with Crippen LogP contribution < -0.4 is 4.74 Å². The molecule has 8 heteroatoms. The van der Waals surface area contributed by atoms with E-state index in [1.807, 2.05) is 17.5 Å². The highest BCUT2D eigenvalue weighted by Gasteiger charge is 2.14. The molecule has 0 N–H and O–H groups in total. The standard InChI is InChI=1S/C22H20N2O5S/c1-2-3-14-28-19-12-8-17(9-13-19)22(25)29-23-21(20-5-4-15-30-20)16-6-10-18(11-7-16)24(26)27/h4-13,15H,2-3,14H2,1H3/b23-21-. The summed E-state index contributed by atoms with van der Waals surface area (Å²) in [6, 6.07) is 16.3. The number of nitrogens with zero attached hydrogens (tertiary/aromatic N) is 2. The smallest absolute Gasteiger partial charge is 0.365 e. The van der Waals surface area contributed by atoms with Gasteiger partial charge >= 0.3 is 5.97 Å². The van der Waals surface area contributed by atoms with Crippen molar-refractivity contribution in [2.45, 2.75) is 19.8 Å². The van der Waals surface area contributed by atoms with E-state index in [1.54, 1.807) is 36.4 Å². The lowest BCUT2D eigenvalue weighted by atomic mass is 10.1. The summed E-state index contributed by atoms with van der Waals surface area (Å²) in [6.45, 7) is 2.72. The van der Waals surface area contributed by atoms with Crippen LogP contribution in [0.4, 0.5) is 5.69 Å². The van der Waals surface area contributed by atoms with Crippen LogP contribution in [0.15, 0.2) is 71.2 Å². The number of carbonyl (C=O) groups is 1. The minimum absolute atomic E-state index is 0.0254. The summed E-state index contributed by atoms with van der Waals surface area (Å²) in [4.78, 5) is 28.8. The molecule has 0 saturated heterocycles. The fourth-order valence-electron chi connectivity index (χ4n) is 2.56. The average Bonchev–Trinajstić information content (AvgIpc) is 3.29. The maximum Gasteiger partial charge on any atom is 0.365 e. The topological polar surface area (TPSA) is 91.0 Å². The first kappa shape index (κ1) is 21.2. The molecule has 2 aromatic carbocycles. The Morgan fingerprint density at radius 3 is 2.37 bits per heavy atom. The number of oxime groups is 1. The summed E-state index contributed by atoms with van der Waals surface area (Å²) in [5, 5.41) is 16.8. The van der Waals surface area contributed by atoms with Gasteiger partial charge in [0.05, 0.1) is 22.0 Å². The first-order chi connectivity index (χ1) is 14.6. The van der Waals surface area contributed by atoms with E-state index < -0.39 is 10.9 Å². The second kappa shape index (κ2) is 10.3. The van der Waals surface area contributed by atoms with Crippen molar-refractivity contribution in [3.63, 3.8) is 0 Å². The van der Waals surface area contributed by atoms with Crippen molar-refractivity contribution < 1.29 is 19.3 Å². The van der Waals surface area contributed by atoms with Crippen LogP contribution in [-0.2, 0) is 4.84 Å². The zero-order valence-corrected chi connectivity index (χ0v) is 17.1. The van der Waals surface area contributed by atoms with Gasteiger partial charge in [-0.3, -0.25) is 10.1 Å². The monoisotopic (exact) mass is 424 g/mol. The number of benzene rings is 2. The molecular formula is C22H20N2O5S. The maximum absolute atomic E-state index is 12.4. The van der Waals surface area contributed by atoms with Gasteiger partial charge in [0.2, 0.25) is 0 Å². The second-order valence-electron chi connectivity index (χ2n) is 6.33. The summed E-state index contributed by atoms with van der Waals surface area (Å²) in [7, 11) is 0. The number of non-ortho nitro benzene ring substituents is 1. The fourth-order valence-corrected chi connectivity index (χ4v) is 3.28. The molecule has 1 heterocycles. The molecule has 0 atom stereocenters. The van der Waals surface area contributed by atoms with Crippen LogP contribution in [0.5, 0.6) is 5.75 Å². The highest BCUT2D eigenvalue weighted by Crippen LogP contribution is 2.20. The van der Waals surface area contributed by atoms with Crippen molar-refractivity contribution in [1.29, 1.82) is 0 Å². The Bertz CT molecular complexity index is 1010. The quantitative estimate of drug-likeness (QED) is 0.150. The van der Waals surface area contributed by atoms with E-state index in [0.717, 1.165) is 17.7 Å². The molecular weight excluding hydrogens is 404 g/mol. The Hall–Kier alpha value is -3.52. The van der Waals surface area contributed by atoms with Gasteiger partial charge in [-0.05, 0) is 54.3 Å². The van der Waals surface area contributed by atoms with Crippen LogP contribution in [-0.4, -0.2) is 23.2 Å². The predicted octanol–water partition coefficient (Wildman–Crippen LogP) is 5.44. The third-order valence-corrected chi connectivity index (χ3v) is 5.06. The van der Waals surface area contributed by atoms with E-state index in [4.69, 9.17) is 9.57 Å². The number of nitro groups is 1. The molecule has 30 heavy (non-hydrogen) atoms. The SMILES string of the molecule is CCCCOc1ccc(C(=O)O/N=C(/c2ccc([N+](=O)[O-])cc2)c2cccs2)cc1. The molecule has 3 rings (SSSR count). The second-order valence-corrected chi connectivity index (χ2v) is 7.27. The van der Waals surface area contributed by atoms with E-state index in [0.29, 0.717) is 29.2 Å². The Morgan fingerprint density at radius 2 is 1.77 bits per heavy atom. The van der Waals surface area contributed by atoms with Gasteiger partial charge in [-0.25, -0.2) is 4.79 Å². The van der Waals surface area contributed by atoms with Crippen LogP contribution in [0.3, 0.4) is 0 Å². The Balaban J connectivity index is 1.75. The molecule has 0 saturated carbocycles.